The summed E-state index contributed by atoms with van der Waals surface area (Å²) in [6.45, 7) is 7.98. The fraction of sp³-hybridized carbons (Fsp3) is 0.593. The summed E-state index contributed by atoms with van der Waals surface area (Å²) < 4.78 is 17.4. The fourth-order valence-electron chi connectivity index (χ4n) is 4.78. The Kier molecular flexibility index (Phi) is 8.33. The summed E-state index contributed by atoms with van der Waals surface area (Å²) in [7, 11) is 0. The van der Waals surface area contributed by atoms with E-state index in [1.165, 1.54) is 0 Å². The van der Waals surface area contributed by atoms with Crippen molar-refractivity contribution in [1.82, 2.24) is 0 Å². The predicted octanol–water partition coefficient (Wildman–Crippen LogP) is 5.50. The number of hydrogen-bond donors (Lipinski definition) is 0. The molecule has 2 atom stereocenters. The molecule has 1 fully saturated rings. The minimum absolute atomic E-state index is 0.132. The molecule has 3 rings (SSSR count). The topological polar surface area (TPSA) is 78.9 Å². The number of carbonyl (C=O) groups excluding carboxylic acids is 3. The first-order chi connectivity index (χ1) is 15.7. The Morgan fingerprint density at radius 2 is 1.67 bits per heavy atom. The highest BCUT2D eigenvalue weighted by molar-refractivity contribution is 5.90. The molecule has 2 unspecified atom stereocenters. The van der Waals surface area contributed by atoms with Crippen LogP contribution in [0.1, 0.15) is 78.2 Å². The van der Waals surface area contributed by atoms with Gasteiger partial charge >= 0.3 is 17.9 Å². The fourth-order valence-corrected chi connectivity index (χ4v) is 4.78. The van der Waals surface area contributed by atoms with E-state index >= 15 is 0 Å². The van der Waals surface area contributed by atoms with E-state index in [1.807, 2.05) is 58.0 Å². The van der Waals surface area contributed by atoms with E-state index in [4.69, 9.17) is 14.2 Å². The van der Waals surface area contributed by atoms with Gasteiger partial charge in [0.15, 0.2) is 0 Å². The lowest BCUT2D eigenvalue weighted by atomic mass is 9.68. The minimum atomic E-state index is -0.731. The van der Waals surface area contributed by atoms with Crippen LogP contribution in [-0.4, -0.2) is 23.5 Å². The summed E-state index contributed by atoms with van der Waals surface area (Å²) in [5.41, 5.74) is 0.588. The van der Waals surface area contributed by atoms with Crippen molar-refractivity contribution in [2.24, 2.45) is 17.8 Å². The lowest BCUT2D eigenvalue weighted by molar-refractivity contribution is -0.169. The van der Waals surface area contributed by atoms with E-state index in [2.05, 4.69) is 0 Å². The largest absolute Gasteiger partial charge is 0.459 e. The van der Waals surface area contributed by atoms with Crippen LogP contribution >= 0.6 is 0 Å². The van der Waals surface area contributed by atoms with E-state index in [0.717, 1.165) is 18.4 Å². The molecule has 6 heteroatoms. The molecule has 0 spiro atoms. The molecule has 2 aliphatic carbocycles. The lowest BCUT2D eigenvalue weighted by Gasteiger charge is -2.45. The van der Waals surface area contributed by atoms with Crippen molar-refractivity contribution in [2.45, 2.75) is 84.8 Å². The third kappa shape index (κ3) is 6.92. The minimum Gasteiger partial charge on any atom is -0.459 e. The Hall–Kier alpha value is -2.63. The summed E-state index contributed by atoms with van der Waals surface area (Å²) in [6, 6.07) is 9.48. The van der Waals surface area contributed by atoms with Crippen LogP contribution in [0, 0.1) is 17.8 Å². The van der Waals surface area contributed by atoms with Crippen LogP contribution in [0.25, 0.3) is 0 Å². The SMILES string of the molecule is CC(C)CC(=O)OC1=C(C(=O)OCc2ccccc2)C2CCCC(OC(=O)CC(C)C)(C1)C2. The van der Waals surface area contributed by atoms with Gasteiger partial charge in [-0.15, -0.1) is 0 Å². The molecular formula is C27H36O6. The van der Waals surface area contributed by atoms with Crippen molar-refractivity contribution in [2.75, 3.05) is 0 Å². The van der Waals surface area contributed by atoms with Gasteiger partial charge in [0, 0.05) is 19.3 Å². The maximum absolute atomic E-state index is 13.2. The molecule has 0 heterocycles. The third-order valence-electron chi connectivity index (χ3n) is 6.14. The van der Waals surface area contributed by atoms with Gasteiger partial charge in [0.2, 0.25) is 0 Å². The summed E-state index contributed by atoms with van der Waals surface area (Å²) in [4.78, 5) is 38.3. The zero-order chi connectivity index (χ0) is 24.0. The zero-order valence-electron chi connectivity index (χ0n) is 20.2. The molecule has 0 N–H and O–H groups in total. The second kappa shape index (κ2) is 11.0. The van der Waals surface area contributed by atoms with Crippen molar-refractivity contribution in [1.29, 1.82) is 0 Å². The maximum Gasteiger partial charge on any atom is 0.338 e. The van der Waals surface area contributed by atoms with Crippen molar-refractivity contribution in [3.63, 3.8) is 0 Å². The van der Waals surface area contributed by atoms with Crippen molar-refractivity contribution in [3.05, 3.63) is 47.2 Å². The average Bonchev–Trinajstić information content (AvgIpc) is 2.71. The molecule has 0 amide bonds. The molecule has 2 bridgehead atoms. The molecule has 0 radical (unpaired) electrons. The van der Waals surface area contributed by atoms with E-state index in [0.29, 0.717) is 30.6 Å². The second-order valence-corrected chi connectivity index (χ2v) is 10.2. The first-order valence-corrected chi connectivity index (χ1v) is 12.0. The number of rotatable bonds is 9. The molecule has 1 saturated carbocycles. The van der Waals surface area contributed by atoms with Gasteiger partial charge in [-0.1, -0.05) is 58.0 Å². The van der Waals surface area contributed by atoms with Crippen LogP contribution in [0.15, 0.2) is 41.7 Å². The van der Waals surface area contributed by atoms with Crippen molar-refractivity contribution in [3.8, 4) is 0 Å². The third-order valence-corrected chi connectivity index (χ3v) is 6.14. The van der Waals surface area contributed by atoms with E-state index in [1.54, 1.807) is 0 Å². The Morgan fingerprint density at radius 1 is 1.00 bits per heavy atom. The highest BCUT2D eigenvalue weighted by atomic mass is 16.6. The van der Waals surface area contributed by atoms with Crippen LogP contribution in [0.4, 0.5) is 0 Å². The van der Waals surface area contributed by atoms with Gasteiger partial charge in [0.25, 0.3) is 0 Å². The predicted molar refractivity (Wildman–Crippen MR) is 124 cm³/mol. The number of hydrogen-bond acceptors (Lipinski definition) is 6. The summed E-state index contributed by atoms with van der Waals surface area (Å²) in [5, 5.41) is 0. The normalized spacial score (nSPS) is 22.3. The average molecular weight is 457 g/mol. The van der Waals surface area contributed by atoms with Gasteiger partial charge in [0.05, 0.1) is 5.57 Å². The molecule has 180 valence electrons. The molecular weight excluding hydrogens is 420 g/mol. The highest BCUT2D eigenvalue weighted by Crippen LogP contribution is 2.49. The monoisotopic (exact) mass is 456 g/mol. The lowest BCUT2D eigenvalue weighted by Crippen LogP contribution is -2.46. The molecule has 6 nitrogen and oxygen atoms in total. The first-order valence-electron chi connectivity index (χ1n) is 12.0. The maximum atomic E-state index is 13.2. The molecule has 1 aromatic rings. The standard InChI is InChI=1S/C27H36O6/c1-18(2)13-23(28)32-22-16-27(33-24(29)14-19(3)4)12-8-11-21(15-27)25(22)26(30)31-17-20-9-6-5-7-10-20/h5-7,9-10,18-19,21H,8,11-17H2,1-4H3. The summed E-state index contributed by atoms with van der Waals surface area (Å²) in [5.74, 6) is -0.603. The van der Waals surface area contributed by atoms with Gasteiger partial charge in [-0.05, 0) is 49.0 Å². The van der Waals surface area contributed by atoms with Gasteiger partial charge in [0.1, 0.15) is 18.0 Å². The number of esters is 3. The van der Waals surface area contributed by atoms with Gasteiger partial charge < -0.3 is 14.2 Å². The van der Waals surface area contributed by atoms with E-state index in [-0.39, 0.29) is 49.1 Å². The molecule has 33 heavy (non-hydrogen) atoms. The molecule has 0 aliphatic heterocycles. The van der Waals surface area contributed by atoms with E-state index in [9.17, 15) is 14.4 Å². The number of ether oxygens (including phenoxy) is 3. The quantitative estimate of drug-likeness (QED) is 0.361. The Bertz CT molecular complexity index is 885. The molecule has 1 aromatic carbocycles. The van der Waals surface area contributed by atoms with Crippen LogP contribution in [0.3, 0.4) is 0 Å². The van der Waals surface area contributed by atoms with Crippen LogP contribution in [0.2, 0.25) is 0 Å². The van der Waals surface area contributed by atoms with Gasteiger partial charge in [-0.3, -0.25) is 9.59 Å². The van der Waals surface area contributed by atoms with Crippen LogP contribution in [-0.2, 0) is 35.2 Å². The van der Waals surface area contributed by atoms with Crippen LogP contribution < -0.4 is 0 Å². The number of carbonyl (C=O) groups is 3. The number of fused-ring (bicyclic) bond motifs is 2. The Labute approximate surface area is 196 Å². The van der Waals surface area contributed by atoms with E-state index < -0.39 is 11.6 Å². The van der Waals surface area contributed by atoms with Crippen LogP contribution in [0.5, 0.6) is 0 Å². The molecule has 2 aliphatic rings. The van der Waals surface area contributed by atoms with Crippen molar-refractivity contribution >= 4 is 17.9 Å². The number of benzene rings is 1. The summed E-state index contributed by atoms with van der Waals surface area (Å²) >= 11 is 0. The smallest absolute Gasteiger partial charge is 0.338 e. The Balaban J connectivity index is 1.85. The highest BCUT2D eigenvalue weighted by Gasteiger charge is 2.49. The Morgan fingerprint density at radius 3 is 2.33 bits per heavy atom. The molecule has 0 saturated heterocycles. The zero-order valence-corrected chi connectivity index (χ0v) is 20.2. The van der Waals surface area contributed by atoms with Gasteiger partial charge in [-0.2, -0.15) is 0 Å². The summed E-state index contributed by atoms with van der Waals surface area (Å²) in [6.07, 6.45) is 3.67. The van der Waals surface area contributed by atoms with Gasteiger partial charge in [-0.25, -0.2) is 4.79 Å². The second-order valence-electron chi connectivity index (χ2n) is 10.2. The first kappa shape index (κ1) is 25.0. The van der Waals surface area contributed by atoms with Crippen molar-refractivity contribution < 1.29 is 28.6 Å². The molecule has 0 aromatic heterocycles.